The molecule has 1 rings (SSSR count). The average Bonchev–Trinajstić information content (AvgIpc) is 2.52. The molecular weight excluding hydrogens is 324 g/mol. The van der Waals surface area contributed by atoms with Crippen molar-refractivity contribution in [3.05, 3.63) is 29.3 Å². The van der Waals surface area contributed by atoms with Crippen molar-refractivity contribution in [2.24, 2.45) is 5.73 Å². The van der Waals surface area contributed by atoms with Crippen molar-refractivity contribution in [2.75, 3.05) is 20.8 Å². The molecule has 0 saturated heterocycles. The summed E-state index contributed by atoms with van der Waals surface area (Å²) in [5.74, 6) is -1.52. The van der Waals surface area contributed by atoms with Gasteiger partial charge in [0.1, 0.15) is 0 Å². The van der Waals surface area contributed by atoms with E-state index in [1.165, 1.54) is 6.07 Å². The first-order valence-electron chi connectivity index (χ1n) is 6.78. The summed E-state index contributed by atoms with van der Waals surface area (Å²) in [6, 6.07) is 3.31. The third-order valence-corrected chi connectivity index (χ3v) is 4.39. The third-order valence-electron chi connectivity index (χ3n) is 2.95. The van der Waals surface area contributed by atoms with Crippen LogP contribution in [0.3, 0.4) is 0 Å². The number of rotatable bonds is 7. The van der Waals surface area contributed by atoms with Gasteiger partial charge in [-0.2, -0.15) is 0 Å². The van der Waals surface area contributed by atoms with Crippen molar-refractivity contribution in [2.45, 2.75) is 24.3 Å². The molecule has 9 heteroatoms. The second-order valence-corrected chi connectivity index (χ2v) is 6.66. The number of benzene rings is 1. The molecule has 3 N–H and O–H groups in total. The molecule has 0 aliphatic heterocycles. The van der Waals surface area contributed by atoms with Crippen LogP contribution in [0.1, 0.15) is 34.1 Å². The zero-order valence-corrected chi connectivity index (χ0v) is 14.0. The predicted octanol–water partition coefficient (Wildman–Crippen LogP) is 0.275. The van der Waals surface area contributed by atoms with Gasteiger partial charge in [-0.25, -0.2) is 22.7 Å². The lowest BCUT2D eigenvalue weighted by Crippen LogP contribution is -2.29. The van der Waals surface area contributed by atoms with Gasteiger partial charge < -0.3 is 15.2 Å². The van der Waals surface area contributed by atoms with Crippen LogP contribution >= 0.6 is 0 Å². The highest BCUT2D eigenvalue weighted by Gasteiger charge is 2.20. The molecule has 1 atom stereocenters. The maximum atomic E-state index is 12.3. The minimum Gasteiger partial charge on any atom is -0.465 e. The summed E-state index contributed by atoms with van der Waals surface area (Å²) in [6.07, 6.45) is 0.444. The van der Waals surface area contributed by atoms with E-state index in [1.54, 1.807) is 6.92 Å². The molecule has 1 aromatic carbocycles. The van der Waals surface area contributed by atoms with Gasteiger partial charge in [0.2, 0.25) is 10.0 Å². The van der Waals surface area contributed by atoms with E-state index in [2.05, 4.69) is 14.2 Å². The number of carbonyl (C=O) groups is 2. The zero-order valence-electron chi connectivity index (χ0n) is 13.2. The van der Waals surface area contributed by atoms with Gasteiger partial charge in [0.15, 0.2) is 0 Å². The molecule has 0 bridgehead atoms. The number of nitrogens with one attached hydrogen (secondary N) is 1. The van der Waals surface area contributed by atoms with E-state index < -0.39 is 22.0 Å². The van der Waals surface area contributed by atoms with Crippen LogP contribution in [0.25, 0.3) is 0 Å². The highest BCUT2D eigenvalue weighted by atomic mass is 32.2. The standard InChI is InChI=1S/C14H20N2O6S/c1-9(15)4-5-16-23(19,20)12-7-10(13(17)21-2)6-11(8-12)14(18)22-3/h6-9,16H,4-5,15H2,1-3H3. The number of hydrogen-bond donors (Lipinski definition) is 2. The van der Waals surface area contributed by atoms with E-state index >= 15 is 0 Å². The molecular formula is C14H20N2O6S. The first-order valence-corrected chi connectivity index (χ1v) is 8.26. The summed E-state index contributed by atoms with van der Waals surface area (Å²) in [7, 11) is -1.60. The fraction of sp³-hybridized carbons (Fsp3) is 0.429. The van der Waals surface area contributed by atoms with Crippen molar-refractivity contribution in [1.82, 2.24) is 4.72 Å². The average molecular weight is 344 g/mol. The number of esters is 2. The molecule has 0 radical (unpaired) electrons. The zero-order chi connectivity index (χ0) is 17.6. The van der Waals surface area contributed by atoms with Crippen LogP contribution in [0, 0.1) is 0 Å². The maximum absolute atomic E-state index is 12.3. The molecule has 0 spiro atoms. The Morgan fingerprint density at radius 2 is 1.61 bits per heavy atom. The van der Waals surface area contributed by atoms with Crippen molar-refractivity contribution in [3.63, 3.8) is 0 Å². The fourth-order valence-corrected chi connectivity index (χ4v) is 2.85. The Kier molecular flexibility index (Phi) is 6.67. The van der Waals surface area contributed by atoms with Crippen LogP contribution in [0.2, 0.25) is 0 Å². The lowest BCUT2D eigenvalue weighted by molar-refractivity contribution is 0.0598. The molecule has 0 fully saturated rings. The second-order valence-electron chi connectivity index (χ2n) is 4.89. The van der Waals surface area contributed by atoms with Crippen LogP contribution in [0.5, 0.6) is 0 Å². The van der Waals surface area contributed by atoms with Gasteiger partial charge >= 0.3 is 11.9 Å². The molecule has 0 aliphatic rings. The normalized spacial score (nSPS) is 12.5. The Balaban J connectivity index is 3.22. The van der Waals surface area contributed by atoms with E-state index in [-0.39, 0.29) is 28.6 Å². The molecule has 1 unspecified atom stereocenters. The quantitative estimate of drug-likeness (QED) is 0.680. The lowest BCUT2D eigenvalue weighted by Gasteiger charge is -2.11. The van der Waals surface area contributed by atoms with E-state index in [9.17, 15) is 18.0 Å². The Hall–Kier alpha value is -1.97. The Bertz CT molecular complexity index is 650. The van der Waals surface area contributed by atoms with Gasteiger partial charge in [-0.3, -0.25) is 0 Å². The smallest absolute Gasteiger partial charge is 0.337 e. The first-order chi connectivity index (χ1) is 10.7. The molecule has 1 aromatic rings. The van der Waals surface area contributed by atoms with E-state index in [0.717, 1.165) is 26.4 Å². The Labute approximate surface area is 135 Å². The lowest BCUT2D eigenvalue weighted by atomic mass is 10.1. The highest BCUT2D eigenvalue weighted by Crippen LogP contribution is 2.17. The highest BCUT2D eigenvalue weighted by molar-refractivity contribution is 7.89. The van der Waals surface area contributed by atoms with Crippen molar-refractivity contribution in [1.29, 1.82) is 0 Å². The number of hydrogen-bond acceptors (Lipinski definition) is 7. The van der Waals surface area contributed by atoms with Gasteiger partial charge in [0, 0.05) is 12.6 Å². The molecule has 23 heavy (non-hydrogen) atoms. The van der Waals surface area contributed by atoms with Gasteiger partial charge in [0.25, 0.3) is 0 Å². The predicted molar refractivity (Wildman–Crippen MR) is 82.6 cm³/mol. The summed E-state index contributed by atoms with van der Waals surface area (Å²) in [5.41, 5.74) is 5.43. The minimum atomic E-state index is -3.91. The van der Waals surface area contributed by atoms with Crippen molar-refractivity contribution < 1.29 is 27.5 Å². The number of sulfonamides is 1. The number of nitrogens with two attached hydrogens (primary N) is 1. The van der Waals surface area contributed by atoms with Gasteiger partial charge in [0.05, 0.1) is 30.2 Å². The SMILES string of the molecule is COC(=O)c1cc(C(=O)OC)cc(S(=O)(=O)NCCC(C)N)c1. The summed E-state index contributed by atoms with van der Waals surface area (Å²) in [5, 5.41) is 0. The van der Waals surface area contributed by atoms with E-state index in [1.807, 2.05) is 0 Å². The largest absolute Gasteiger partial charge is 0.465 e. The van der Waals surface area contributed by atoms with Crippen molar-refractivity contribution in [3.8, 4) is 0 Å². The summed E-state index contributed by atoms with van der Waals surface area (Å²) >= 11 is 0. The topological polar surface area (TPSA) is 125 Å². The van der Waals surface area contributed by atoms with Crippen LogP contribution in [0.4, 0.5) is 0 Å². The first kappa shape index (κ1) is 19.1. The number of carbonyl (C=O) groups excluding carboxylic acids is 2. The maximum Gasteiger partial charge on any atom is 0.337 e. The third kappa shape index (κ3) is 5.31. The molecule has 8 nitrogen and oxygen atoms in total. The van der Waals surface area contributed by atoms with Crippen LogP contribution in [0.15, 0.2) is 23.1 Å². The Morgan fingerprint density at radius 1 is 1.13 bits per heavy atom. The summed E-state index contributed by atoms with van der Waals surface area (Å²) in [4.78, 5) is 23.1. The summed E-state index contributed by atoms with van der Waals surface area (Å²) in [6.45, 7) is 1.89. The molecule has 0 saturated carbocycles. The van der Waals surface area contributed by atoms with E-state index in [4.69, 9.17) is 5.73 Å². The monoisotopic (exact) mass is 344 g/mol. The fourth-order valence-electron chi connectivity index (χ4n) is 1.73. The summed E-state index contributed by atoms with van der Waals surface area (Å²) < 4.78 is 36.1. The molecule has 128 valence electrons. The number of ether oxygens (including phenoxy) is 2. The van der Waals surface area contributed by atoms with Crippen molar-refractivity contribution >= 4 is 22.0 Å². The number of methoxy groups -OCH3 is 2. The minimum absolute atomic E-state index is 0.0667. The van der Waals surface area contributed by atoms with Crippen LogP contribution in [-0.4, -0.2) is 47.2 Å². The second kappa shape index (κ2) is 8.04. The molecule has 0 aromatic heterocycles. The van der Waals surface area contributed by atoms with Gasteiger partial charge in [-0.1, -0.05) is 0 Å². The Morgan fingerprint density at radius 3 is 2.00 bits per heavy atom. The van der Waals surface area contributed by atoms with Gasteiger partial charge in [-0.15, -0.1) is 0 Å². The molecule has 0 amide bonds. The van der Waals surface area contributed by atoms with Gasteiger partial charge in [-0.05, 0) is 31.5 Å². The molecule has 0 heterocycles. The van der Waals surface area contributed by atoms with Crippen LogP contribution < -0.4 is 10.5 Å². The van der Waals surface area contributed by atoms with E-state index in [0.29, 0.717) is 6.42 Å². The van der Waals surface area contributed by atoms with Crippen LogP contribution in [-0.2, 0) is 19.5 Å². The molecule has 0 aliphatic carbocycles.